The quantitative estimate of drug-likeness (QED) is 0.919. The second kappa shape index (κ2) is 4.94. The molecule has 1 aliphatic rings. The Bertz CT molecular complexity index is 491. The van der Waals surface area contributed by atoms with E-state index in [1.54, 1.807) is 24.0 Å². The molecule has 0 amide bonds. The number of hydrogen-bond acceptors (Lipinski definition) is 5. The number of rotatable bonds is 4. The largest absolute Gasteiger partial charge is 0.497 e. The summed E-state index contributed by atoms with van der Waals surface area (Å²) in [5.74, 6) is 1.57. The van der Waals surface area contributed by atoms with Gasteiger partial charge in [0.05, 0.1) is 7.11 Å². The SMILES string of the molecule is COc1ccc(C2CC(Nc3nncs3)C2)cc1. The molecule has 1 N–H and O–H groups in total. The van der Waals surface area contributed by atoms with Crippen molar-refractivity contribution in [3.05, 3.63) is 35.3 Å². The van der Waals surface area contributed by atoms with Crippen LogP contribution >= 0.6 is 11.3 Å². The Morgan fingerprint density at radius 1 is 1.28 bits per heavy atom. The lowest BCUT2D eigenvalue weighted by atomic mass is 9.76. The van der Waals surface area contributed by atoms with Gasteiger partial charge >= 0.3 is 0 Å². The third kappa shape index (κ3) is 2.31. The molecule has 18 heavy (non-hydrogen) atoms. The van der Waals surface area contributed by atoms with Gasteiger partial charge in [-0.1, -0.05) is 23.5 Å². The van der Waals surface area contributed by atoms with Crippen molar-refractivity contribution in [2.75, 3.05) is 12.4 Å². The maximum Gasteiger partial charge on any atom is 0.205 e. The van der Waals surface area contributed by atoms with E-state index in [0.717, 1.165) is 23.7 Å². The van der Waals surface area contributed by atoms with Gasteiger partial charge in [-0.15, -0.1) is 10.2 Å². The van der Waals surface area contributed by atoms with E-state index in [0.29, 0.717) is 12.0 Å². The Labute approximate surface area is 110 Å². The molecule has 1 heterocycles. The molecular weight excluding hydrogens is 246 g/mol. The molecule has 0 bridgehead atoms. The lowest BCUT2D eigenvalue weighted by molar-refractivity contribution is 0.372. The second-order valence-electron chi connectivity index (χ2n) is 4.53. The third-order valence-corrected chi connectivity index (χ3v) is 4.04. The zero-order chi connectivity index (χ0) is 12.4. The molecule has 0 unspecified atom stereocenters. The van der Waals surface area contributed by atoms with Crippen molar-refractivity contribution in [1.29, 1.82) is 0 Å². The molecule has 0 spiro atoms. The summed E-state index contributed by atoms with van der Waals surface area (Å²) >= 11 is 1.55. The maximum absolute atomic E-state index is 5.17. The van der Waals surface area contributed by atoms with Crippen LogP contribution in [0.25, 0.3) is 0 Å². The van der Waals surface area contributed by atoms with Gasteiger partial charge in [-0.2, -0.15) is 0 Å². The molecule has 1 aromatic carbocycles. The molecule has 0 aliphatic heterocycles. The number of nitrogens with one attached hydrogen (secondary N) is 1. The number of methoxy groups -OCH3 is 1. The van der Waals surface area contributed by atoms with E-state index in [-0.39, 0.29) is 0 Å². The van der Waals surface area contributed by atoms with Gasteiger partial charge in [0.2, 0.25) is 5.13 Å². The summed E-state index contributed by atoms with van der Waals surface area (Å²) in [5, 5.41) is 12.1. The van der Waals surface area contributed by atoms with E-state index in [1.165, 1.54) is 5.56 Å². The highest BCUT2D eigenvalue weighted by Gasteiger charge is 2.30. The number of anilines is 1. The van der Waals surface area contributed by atoms with Crippen molar-refractivity contribution in [2.45, 2.75) is 24.8 Å². The van der Waals surface area contributed by atoms with Crippen molar-refractivity contribution in [3.8, 4) is 5.75 Å². The molecule has 3 rings (SSSR count). The number of hydrogen-bond donors (Lipinski definition) is 1. The van der Waals surface area contributed by atoms with Crippen LogP contribution in [0.4, 0.5) is 5.13 Å². The smallest absolute Gasteiger partial charge is 0.205 e. The molecule has 0 saturated heterocycles. The van der Waals surface area contributed by atoms with Crippen LogP contribution in [0.15, 0.2) is 29.8 Å². The zero-order valence-corrected chi connectivity index (χ0v) is 11.0. The summed E-state index contributed by atoms with van der Waals surface area (Å²) in [4.78, 5) is 0. The van der Waals surface area contributed by atoms with Gasteiger partial charge in [-0.25, -0.2) is 0 Å². The van der Waals surface area contributed by atoms with Gasteiger partial charge in [0, 0.05) is 6.04 Å². The Hall–Kier alpha value is -1.62. The number of ether oxygens (including phenoxy) is 1. The van der Waals surface area contributed by atoms with Gasteiger partial charge in [-0.05, 0) is 36.5 Å². The van der Waals surface area contributed by atoms with Gasteiger partial charge in [0.25, 0.3) is 0 Å². The molecule has 1 aliphatic carbocycles. The first-order chi connectivity index (χ1) is 8.85. The third-order valence-electron chi connectivity index (χ3n) is 3.41. The van der Waals surface area contributed by atoms with E-state index in [9.17, 15) is 0 Å². The van der Waals surface area contributed by atoms with Gasteiger partial charge < -0.3 is 10.1 Å². The number of nitrogens with zero attached hydrogens (tertiary/aromatic N) is 2. The molecule has 0 atom stereocenters. The highest BCUT2D eigenvalue weighted by molar-refractivity contribution is 7.13. The molecular formula is C13H15N3OS. The van der Waals surface area contributed by atoms with Gasteiger partial charge in [0.15, 0.2) is 0 Å². The van der Waals surface area contributed by atoms with E-state index in [1.807, 2.05) is 12.1 Å². The molecule has 4 nitrogen and oxygen atoms in total. The highest BCUT2D eigenvalue weighted by atomic mass is 32.1. The maximum atomic E-state index is 5.17. The fraction of sp³-hybridized carbons (Fsp3) is 0.385. The van der Waals surface area contributed by atoms with Crippen LogP contribution < -0.4 is 10.1 Å². The van der Waals surface area contributed by atoms with Crippen molar-refractivity contribution < 1.29 is 4.74 Å². The highest BCUT2D eigenvalue weighted by Crippen LogP contribution is 2.38. The fourth-order valence-electron chi connectivity index (χ4n) is 2.29. The Morgan fingerprint density at radius 3 is 2.67 bits per heavy atom. The molecule has 0 radical (unpaired) electrons. The van der Waals surface area contributed by atoms with Crippen LogP contribution in [0.3, 0.4) is 0 Å². The molecule has 1 fully saturated rings. The summed E-state index contributed by atoms with van der Waals surface area (Å²) in [5.41, 5.74) is 3.15. The number of benzene rings is 1. The molecule has 5 heteroatoms. The van der Waals surface area contributed by atoms with Crippen molar-refractivity contribution >= 4 is 16.5 Å². The van der Waals surface area contributed by atoms with Gasteiger partial charge in [0.1, 0.15) is 11.3 Å². The predicted molar refractivity (Wildman–Crippen MR) is 72.3 cm³/mol. The average molecular weight is 261 g/mol. The Morgan fingerprint density at radius 2 is 2.06 bits per heavy atom. The zero-order valence-electron chi connectivity index (χ0n) is 10.2. The monoisotopic (exact) mass is 261 g/mol. The topological polar surface area (TPSA) is 47.0 Å². The van der Waals surface area contributed by atoms with Gasteiger partial charge in [-0.3, -0.25) is 0 Å². The number of aromatic nitrogens is 2. The van der Waals surface area contributed by atoms with E-state index >= 15 is 0 Å². The van der Waals surface area contributed by atoms with Crippen LogP contribution in [0.2, 0.25) is 0 Å². The summed E-state index contributed by atoms with van der Waals surface area (Å²) in [6, 6.07) is 8.90. The lowest BCUT2D eigenvalue weighted by Gasteiger charge is -2.36. The van der Waals surface area contributed by atoms with Crippen LogP contribution in [0.5, 0.6) is 5.75 Å². The van der Waals surface area contributed by atoms with Crippen LogP contribution in [0, 0.1) is 0 Å². The van der Waals surface area contributed by atoms with Crippen LogP contribution in [-0.4, -0.2) is 23.3 Å². The minimum Gasteiger partial charge on any atom is -0.497 e. The summed E-state index contributed by atoms with van der Waals surface area (Å²) < 4.78 is 5.17. The Kier molecular flexibility index (Phi) is 3.15. The molecule has 2 aromatic rings. The normalized spacial score (nSPS) is 22.3. The van der Waals surface area contributed by atoms with E-state index in [2.05, 4.69) is 27.6 Å². The molecule has 94 valence electrons. The molecule has 1 aromatic heterocycles. The lowest BCUT2D eigenvalue weighted by Crippen LogP contribution is -2.33. The van der Waals surface area contributed by atoms with Crippen molar-refractivity contribution in [2.24, 2.45) is 0 Å². The second-order valence-corrected chi connectivity index (χ2v) is 5.36. The minimum atomic E-state index is 0.532. The van der Waals surface area contributed by atoms with Crippen molar-refractivity contribution in [3.63, 3.8) is 0 Å². The fourth-order valence-corrected chi connectivity index (χ4v) is 2.82. The average Bonchev–Trinajstić information content (AvgIpc) is 2.86. The standard InChI is InChI=1S/C13H15N3OS/c1-17-12-4-2-9(3-5-12)10-6-11(7-10)15-13-16-14-8-18-13/h2-5,8,10-11H,6-7H2,1H3,(H,15,16). The minimum absolute atomic E-state index is 0.532. The summed E-state index contributed by atoms with van der Waals surface area (Å²) in [6.45, 7) is 0. The summed E-state index contributed by atoms with van der Waals surface area (Å²) in [7, 11) is 1.69. The molecule has 1 saturated carbocycles. The predicted octanol–water partition coefficient (Wildman–Crippen LogP) is 2.90. The van der Waals surface area contributed by atoms with E-state index < -0.39 is 0 Å². The van der Waals surface area contributed by atoms with Crippen LogP contribution in [-0.2, 0) is 0 Å². The van der Waals surface area contributed by atoms with Crippen LogP contribution in [0.1, 0.15) is 24.3 Å². The first-order valence-electron chi connectivity index (χ1n) is 6.02. The first-order valence-corrected chi connectivity index (χ1v) is 6.90. The van der Waals surface area contributed by atoms with E-state index in [4.69, 9.17) is 4.74 Å². The van der Waals surface area contributed by atoms with Crippen molar-refractivity contribution in [1.82, 2.24) is 10.2 Å². The Balaban J connectivity index is 1.54. The summed E-state index contributed by atoms with van der Waals surface area (Å²) in [6.07, 6.45) is 2.32. The first kappa shape index (κ1) is 11.5.